The minimum Gasteiger partial charge on any atom is -0.307 e. The van der Waals surface area contributed by atoms with Gasteiger partial charge in [-0.05, 0) is 5.92 Å². The van der Waals surface area contributed by atoms with Crippen molar-refractivity contribution >= 4 is 22.6 Å². The second kappa shape index (κ2) is 5.65. The van der Waals surface area contributed by atoms with Crippen molar-refractivity contribution in [3.63, 3.8) is 0 Å². The zero-order valence-electron chi connectivity index (χ0n) is 8.87. The van der Waals surface area contributed by atoms with Gasteiger partial charge in [0.15, 0.2) is 0 Å². The Morgan fingerprint density at radius 3 is 2.71 bits per heavy atom. The van der Waals surface area contributed by atoms with Gasteiger partial charge in [0.05, 0.1) is 5.69 Å². The highest BCUT2D eigenvalue weighted by Gasteiger charge is 2.11. The molecule has 0 aliphatic rings. The Labute approximate surface area is 98.6 Å². The zero-order chi connectivity index (χ0) is 10.6. The van der Waals surface area contributed by atoms with Crippen molar-refractivity contribution in [1.82, 2.24) is 20.3 Å². The molecule has 0 aliphatic carbocycles. The Balaban J connectivity index is 2.39. The average molecular weight is 308 g/mol. The van der Waals surface area contributed by atoms with Crippen molar-refractivity contribution in [1.29, 1.82) is 0 Å². The van der Waals surface area contributed by atoms with Crippen molar-refractivity contribution in [2.24, 2.45) is 13.0 Å². The van der Waals surface area contributed by atoms with Crippen LogP contribution in [0.5, 0.6) is 0 Å². The summed E-state index contributed by atoms with van der Waals surface area (Å²) in [4.78, 5) is 0. The van der Waals surface area contributed by atoms with Crippen LogP contribution < -0.4 is 5.32 Å². The lowest BCUT2D eigenvalue weighted by molar-refractivity contribution is 0.434. The predicted molar refractivity (Wildman–Crippen MR) is 65.4 cm³/mol. The quantitative estimate of drug-likeness (QED) is 0.660. The van der Waals surface area contributed by atoms with E-state index in [0.29, 0.717) is 12.0 Å². The number of rotatable bonds is 5. The molecule has 0 amide bonds. The van der Waals surface area contributed by atoms with Crippen LogP contribution in [0.1, 0.15) is 19.5 Å². The molecule has 0 aromatic carbocycles. The summed E-state index contributed by atoms with van der Waals surface area (Å²) in [5, 5.41) is 11.4. The molecule has 0 saturated carbocycles. The van der Waals surface area contributed by atoms with Gasteiger partial charge < -0.3 is 5.32 Å². The molecule has 14 heavy (non-hydrogen) atoms. The summed E-state index contributed by atoms with van der Waals surface area (Å²) in [7, 11) is 1.88. The average Bonchev–Trinajstić information content (AvgIpc) is 2.52. The summed E-state index contributed by atoms with van der Waals surface area (Å²) in [6.45, 7) is 5.26. The molecule has 0 radical (unpaired) electrons. The van der Waals surface area contributed by atoms with Gasteiger partial charge in [0.25, 0.3) is 0 Å². The number of hydrogen-bond acceptors (Lipinski definition) is 3. The fraction of sp³-hybridized carbons (Fsp3) is 0.778. The molecule has 1 aromatic heterocycles. The zero-order valence-corrected chi connectivity index (χ0v) is 11.0. The van der Waals surface area contributed by atoms with E-state index >= 15 is 0 Å². The molecule has 1 N–H and O–H groups in total. The van der Waals surface area contributed by atoms with Crippen molar-refractivity contribution in [2.75, 3.05) is 4.43 Å². The predicted octanol–water partition coefficient (Wildman–Crippen LogP) is 1.36. The van der Waals surface area contributed by atoms with Crippen LogP contribution in [0.25, 0.3) is 0 Å². The second-order valence-corrected chi connectivity index (χ2v) is 4.65. The molecule has 0 spiro atoms. The lowest BCUT2D eigenvalue weighted by Gasteiger charge is -2.18. The first-order valence-electron chi connectivity index (χ1n) is 4.78. The smallest absolute Gasteiger partial charge is 0.0964 e. The fourth-order valence-electron chi connectivity index (χ4n) is 1.18. The summed E-state index contributed by atoms with van der Waals surface area (Å²) in [6.07, 6.45) is 1.94. The van der Waals surface area contributed by atoms with Gasteiger partial charge in [-0.1, -0.05) is 41.7 Å². The maximum absolute atomic E-state index is 4.03. The molecule has 1 rings (SSSR count). The Hall–Kier alpha value is -0.170. The standard InChI is InChI=1S/C9H17IN4/c1-7(2)9(4-10)11-5-8-6-14(3)13-12-8/h6-7,9,11H,4-5H2,1-3H3. The maximum atomic E-state index is 4.03. The van der Waals surface area contributed by atoms with Crippen LogP contribution in [0, 0.1) is 5.92 Å². The van der Waals surface area contributed by atoms with Gasteiger partial charge in [0, 0.05) is 30.3 Å². The van der Waals surface area contributed by atoms with E-state index in [9.17, 15) is 0 Å². The monoisotopic (exact) mass is 308 g/mol. The van der Waals surface area contributed by atoms with E-state index in [0.717, 1.165) is 16.7 Å². The molecular weight excluding hydrogens is 291 g/mol. The summed E-state index contributed by atoms with van der Waals surface area (Å²) < 4.78 is 2.85. The molecule has 1 aromatic rings. The first-order valence-corrected chi connectivity index (χ1v) is 6.30. The molecule has 0 fully saturated rings. The minimum atomic E-state index is 0.553. The Morgan fingerprint density at radius 1 is 1.57 bits per heavy atom. The topological polar surface area (TPSA) is 42.7 Å². The lowest BCUT2D eigenvalue weighted by atomic mass is 10.1. The van der Waals surface area contributed by atoms with Crippen molar-refractivity contribution < 1.29 is 0 Å². The van der Waals surface area contributed by atoms with Crippen LogP contribution >= 0.6 is 22.6 Å². The SMILES string of the molecule is CC(C)C(CI)NCc1cn(C)nn1. The third-order valence-electron chi connectivity index (χ3n) is 2.17. The molecule has 5 heteroatoms. The van der Waals surface area contributed by atoms with E-state index in [1.165, 1.54) is 0 Å². The van der Waals surface area contributed by atoms with Crippen LogP contribution in [-0.2, 0) is 13.6 Å². The van der Waals surface area contributed by atoms with Gasteiger partial charge in [0.2, 0.25) is 0 Å². The molecule has 1 atom stereocenters. The Kier molecular flexibility index (Phi) is 4.80. The summed E-state index contributed by atoms with van der Waals surface area (Å²) in [5.41, 5.74) is 1.00. The Morgan fingerprint density at radius 2 is 2.29 bits per heavy atom. The normalized spacial score (nSPS) is 13.5. The largest absolute Gasteiger partial charge is 0.307 e. The number of nitrogens with one attached hydrogen (secondary N) is 1. The lowest BCUT2D eigenvalue weighted by Crippen LogP contribution is -2.34. The molecule has 0 aliphatic heterocycles. The number of aryl methyl sites for hydroxylation is 1. The van der Waals surface area contributed by atoms with Gasteiger partial charge in [-0.2, -0.15) is 0 Å². The molecule has 1 heterocycles. The van der Waals surface area contributed by atoms with Crippen LogP contribution in [0.4, 0.5) is 0 Å². The fourth-order valence-corrected chi connectivity index (χ4v) is 2.51. The molecular formula is C9H17IN4. The van der Waals surface area contributed by atoms with Crippen LogP contribution in [-0.4, -0.2) is 25.5 Å². The second-order valence-electron chi connectivity index (χ2n) is 3.77. The van der Waals surface area contributed by atoms with E-state index < -0.39 is 0 Å². The number of alkyl halides is 1. The third kappa shape index (κ3) is 3.53. The highest BCUT2D eigenvalue weighted by molar-refractivity contribution is 14.1. The van der Waals surface area contributed by atoms with Gasteiger partial charge in [-0.3, -0.25) is 4.68 Å². The molecule has 0 saturated heterocycles. The van der Waals surface area contributed by atoms with Crippen LogP contribution in [0.15, 0.2) is 6.20 Å². The van der Waals surface area contributed by atoms with E-state index in [2.05, 4.69) is 52.1 Å². The minimum absolute atomic E-state index is 0.553. The van der Waals surface area contributed by atoms with E-state index in [-0.39, 0.29) is 0 Å². The molecule has 1 unspecified atom stereocenters. The van der Waals surface area contributed by atoms with Gasteiger partial charge in [0.1, 0.15) is 0 Å². The van der Waals surface area contributed by atoms with Crippen molar-refractivity contribution in [2.45, 2.75) is 26.4 Å². The molecule has 4 nitrogen and oxygen atoms in total. The highest BCUT2D eigenvalue weighted by Crippen LogP contribution is 2.05. The number of halogens is 1. The van der Waals surface area contributed by atoms with E-state index in [1.807, 2.05) is 13.2 Å². The van der Waals surface area contributed by atoms with Crippen molar-refractivity contribution in [3.05, 3.63) is 11.9 Å². The Bertz CT molecular complexity index is 272. The van der Waals surface area contributed by atoms with E-state index in [1.54, 1.807) is 4.68 Å². The number of hydrogen-bond donors (Lipinski definition) is 1. The van der Waals surface area contributed by atoms with E-state index in [4.69, 9.17) is 0 Å². The van der Waals surface area contributed by atoms with Crippen LogP contribution in [0.2, 0.25) is 0 Å². The number of aromatic nitrogens is 3. The summed E-state index contributed by atoms with van der Waals surface area (Å²) in [6, 6.07) is 0.553. The van der Waals surface area contributed by atoms with Gasteiger partial charge in [-0.25, -0.2) is 0 Å². The summed E-state index contributed by atoms with van der Waals surface area (Å²) >= 11 is 2.41. The summed E-state index contributed by atoms with van der Waals surface area (Å²) in [5.74, 6) is 0.656. The van der Waals surface area contributed by atoms with Gasteiger partial charge in [-0.15, -0.1) is 5.10 Å². The number of nitrogens with zero attached hydrogens (tertiary/aromatic N) is 3. The van der Waals surface area contributed by atoms with Crippen molar-refractivity contribution in [3.8, 4) is 0 Å². The first-order chi connectivity index (χ1) is 6.63. The van der Waals surface area contributed by atoms with Crippen LogP contribution in [0.3, 0.4) is 0 Å². The first kappa shape index (κ1) is 11.9. The maximum Gasteiger partial charge on any atom is 0.0964 e. The van der Waals surface area contributed by atoms with Gasteiger partial charge >= 0.3 is 0 Å². The molecule has 0 bridgehead atoms. The highest BCUT2D eigenvalue weighted by atomic mass is 127. The third-order valence-corrected chi connectivity index (χ3v) is 3.12. The molecule has 80 valence electrons.